The fourth-order valence-corrected chi connectivity index (χ4v) is 5.51. The van der Waals surface area contributed by atoms with Crippen molar-refractivity contribution < 1.29 is 28.4 Å². The molecule has 5 rings (SSSR count). The number of non-ortho nitro benzene ring substituents is 1. The van der Waals surface area contributed by atoms with Crippen LogP contribution in [-0.4, -0.2) is 28.0 Å². The van der Waals surface area contributed by atoms with E-state index in [-0.39, 0.29) is 17.9 Å². The van der Waals surface area contributed by atoms with Crippen molar-refractivity contribution in [2.45, 2.75) is 26.8 Å². The molecule has 3 heterocycles. The summed E-state index contributed by atoms with van der Waals surface area (Å²) in [5, 5.41) is 11.1. The van der Waals surface area contributed by atoms with Crippen LogP contribution in [0.3, 0.4) is 0 Å². The van der Waals surface area contributed by atoms with Gasteiger partial charge in [0.15, 0.2) is 4.80 Å². The number of allylic oxidation sites excluding steroid dienone is 1. The number of aromatic nitrogens is 1. The number of furan rings is 1. The van der Waals surface area contributed by atoms with Gasteiger partial charge < -0.3 is 13.9 Å². The molecule has 1 aliphatic heterocycles. The lowest BCUT2D eigenvalue weighted by atomic mass is 9.96. The molecular formula is C29H23N3O8S. The molecule has 1 atom stereocenters. The summed E-state index contributed by atoms with van der Waals surface area (Å²) in [4.78, 5) is 53.7. The Kier molecular flexibility index (Phi) is 7.49. The molecule has 41 heavy (non-hydrogen) atoms. The molecule has 4 aromatic rings. The van der Waals surface area contributed by atoms with Crippen molar-refractivity contribution in [3.8, 4) is 17.1 Å². The third kappa shape index (κ3) is 5.50. The Hall–Kier alpha value is -5.10. The van der Waals surface area contributed by atoms with Crippen LogP contribution in [0, 0.1) is 10.1 Å². The van der Waals surface area contributed by atoms with E-state index in [1.807, 2.05) is 0 Å². The van der Waals surface area contributed by atoms with Crippen molar-refractivity contribution >= 4 is 35.0 Å². The highest BCUT2D eigenvalue weighted by Crippen LogP contribution is 2.32. The van der Waals surface area contributed by atoms with Crippen LogP contribution in [0.15, 0.2) is 86.1 Å². The molecule has 11 nitrogen and oxygen atoms in total. The SMILES string of the molecule is CCOC(=O)C1=C(C)N=c2s/c(=C/c3ccc(-c4cccc([N+](=O)[O-])c4)o3)c(=O)n2[C@H]1c1ccc(OC(C)=O)cc1. The number of benzene rings is 2. The van der Waals surface area contributed by atoms with E-state index in [9.17, 15) is 24.5 Å². The van der Waals surface area contributed by atoms with E-state index in [4.69, 9.17) is 13.9 Å². The van der Waals surface area contributed by atoms with Crippen LogP contribution in [0.4, 0.5) is 5.69 Å². The molecule has 0 fully saturated rings. The molecule has 0 radical (unpaired) electrons. The third-order valence-corrected chi connectivity index (χ3v) is 7.20. The first kappa shape index (κ1) is 27.5. The molecule has 0 saturated carbocycles. The Morgan fingerprint density at radius 2 is 1.93 bits per heavy atom. The molecule has 12 heteroatoms. The zero-order valence-electron chi connectivity index (χ0n) is 22.2. The van der Waals surface area contributed by atoms with Crippen LogP contribution in [-0.2, 0) is 14.3 Å². The first-order valence-electron chi connectivity index (χ1n) is 12.5. The maximum Gasteiger partial charge on any atom is 0.338 e. The van der Waals surface area contributed by atoms with E-state index in [0.29, 0.717) is 43.4 Å². The zero-order chi connectivity index (χ0) is 29.3. The van der Waals surface area contributed by atoms with Crippen LogP contribution >= 0.6 is 11.3 Å². The highest BCUT2D eigenvalue weighted by Gasteiger charge is 2.33. The minimum absolute atomic E-state index is 0.0672. The van der Waals surface area contributed by atoms with E-state index >= 15 is 0 Å². The molecule has 0 spiro atoms. The Bertz CT molecular complexity index is 1900. The number of ether oxygens (including phenoxy) is 2. The van der Waals surface area contributed by atoms with Crippen LogP contribution < -0.4 is 19.6 Å². The van der Waals surface area contributed by atoms with Gasteiger partial charge in [0, 0.05) is 30.7 Å². The lowest BCUT2D eigenvalue weighted by molar-refractivity contribution is -0.384. The molecule has 0 bridgehead atoms. The maximum absolute atomic E-state index is 13.8. The molecule has 1 aliphatic rings. The van der Waals surface area contributed by atoms with E-state index in [0.717, 1.165) is 11.3 Å². The first-order chi connectivity index (χ1) is 19.7. The average Bonchev–Trinajstić information content (AvgIpc) is 3.52. The molecule has 0 N–H and O–H groups in total. The monoisotopic (exact) mass is 573 g/mol. The van der Waals surface area contributed by atoms with Gasteiger partial charge in [-0.1, -0.05) is 35.6 Å². The molecule has 0 amide bonds. The molecule has 2 aromatic heterocycles. The lowest BCUT2D eigenvalue weighted by Gasteiger charge is -2.24. The number of nitro groups is 1. The summed E-state index contributed by atoms with van der Waals surface area (Å²) >= 11 is 1.13. The molecule has 0 saturated heterocycles. The number of carbonyl (C=O) groups excluding carboxylic acids is 2. The van der Waals surface area contributed by atoms with Crippen LogP contribution in [0.25, 0.3) is 17.4 Å². The van der Waals surface area contributed by atoms with Crippen molar-refractivity contribution in [3.63, 3.8) is 0 Å². The Morgan fingerprint density at radius 3 is 2.61 bits per heavy atom. The van der Waals surface area contributed by atoms with Gasteiger partial charge in [-0.15, -0.1) is 0 Å². The number of rotatable bonds is 7. The van der Waals surface area contributed by atoms with Crippen LogP contribution in [0.2, 0.25) is 0 Å². The van der Waals surface area contributed by atoms with Crippen molar-refractivity contribution in [3.05, 3.63) is 113 Å². The second kappa shape index (κ2) is 11.2. The normalized spacial score (nSPS) is 14.8. The number of hydrogen-bond donors (Lipinski definition) is 0. The van der Waals surface area contributed by atoms with Crippen molar-refractivity contribution in [2.24, 2.45) is 4.99 Å². The van der Waals surface area contributed by atoms with Gasteiger partial charge in [-0.2, -0.15) is 0 Å². The summed E-state index contributed by atoms with van der Waals surface area (Å²) in [6, 6.07) is 15.1. The lowest BCUT2D eigenvalue weighted by Crippen LogP contribution is -2.39. The number of carbonyl (C=O) groups is 2. The van der Waals surface area contributed by atoms with Gasteiger partial charge in [0.1, 0.15) is 17.3 Å². The smallest absolute Gasteiger partial charge is 0.338 e. The zero-order valence-corrected chi connectivity index (χ0v) is 23.0. The number of esters is 2. The summed E-state index contributed by atoms with van der Waals surface area (Å²) in [6.07, 6.45) is 1.56. The van der Waals surface area contributed by atoms with Gasteiger partial charge in [-0.25, -0.2) is 9.79 Å². The minimum atomic E-state index is -0.837. The average molecular weight is 574 g/mol. The molecular weight excluding hydrogens is 550 g/mol. The third-order valence-electron chi connectivity index (χ3n) is 6.22. The van der Waals surface area contributed by atoms with Crippen molar-refractivity contribution in [2.75, 3.05) is 6.61 Å². The summed E-state index contributed by atoms with van der Waals surface area (Å²) in [6.45, 7) is 4.81. The highest BCUT2D eigenvalue weighted by molar-refractivity contribution is 7.07. The second-order valence-corrected chi connectivity index (χ2v) is 9.98. The first-order valence-corrected chi connectivity index (χ1v) is 13.3. The van der Waals surface area contributed by atoms with Gasteiger partial charge >= 0.3 is 11.9 Å². The fraction of sp³-hybridized carbons (Fsp3) is 0.172. The topological polar surface area (TPSA) is 143 Å². The molecule has 208 valence electrons. The standard InChI is InChI=1S/C29H23N3O8S/c1-4-38-28(35)25-16(2)30-29-31(26(25)18-8-10-21(11-9-18)39-17(3)33)27(34)24(41-29)15-22-12-13-23(40-22)19-6-5-7-20(14-19)32(36)37/h5-15,26H,4H2,1-3H3/b24-15+/t26-/m0/s1. The predicted molar refractivity (Wildman–Crippen MR) is 149 cm³/mol. The number of thiazole rings is 1. The highest BCUT2D eigenvalue weighted by atomic mass is 32.1. The number of nitrogens with zero attached hydrogens (tertiary/aromatic N) is 3. The maximum atomic E-state index is 13.8. The fourth-order valence-electron chi connectivity index (χ4n) is 4.48. The van der Waals surface area contributed by atoms with Crippen LogP contribution in [0.5, 0.6) is 5.75 Å². The van der Waals surface area contributed by atoms with Crippen molar-refractivity contribution in [1.29, 1.82) is 0 Å². The number of hydrogen-bond acceptors (Lipinski definition) is 10. The Labute approximate surface area is 236 Å². The van der Waals surface area contributed by atoms with Gasteiger partial charge in [0.25, 0.3) is 11.2 Å². The van der Waals surface area contributed by atoms with E-state index in [1.54, 1.807) is 68.5 Å². The summed E-state index contributed by atoms with van der Waals surface area (Å²) in [7, 11) is 0. The molecule has 2 aromatic carbocycles. The summed E-state index contributed by atoms with van der Waals surface area (Å²) < 4.78 is 18.1. The van der Waals surface area contributed by atoms with Gasteiger partial charge in [-0.3, -0.25) is 24.3 Å². The second-order valence-electron chi connectivity index (χ2n) is 8.97. The number of nitro benzene ring substituents is 1. The van der Waals surface area contributed by atoms with E-state index in [1.165, 1.54) is 23.6 Å². The Morgan fingerprint density at radius 1 is 1.17 bits per heavy atom. The van der Waals surface area contributed by atoms with Gasteiger partial charge in [0.05, 0.1) is 33.4 Å². The minimum Gasteiger partial charge on any atom is -0.463 e. The van der Waals surface area contributed by atoms with Gasteiger partial charge in [0.2, 0.25) is 0 Å². The summed E-state index contributed by atoms with van der Waals surface area (Å²) in [5.41, 5.74) is 1.28. The van der Waals surface area contributed by atoms with E-state index < -0.39 is 28.5 Å². The quantitative estimate of drug-likeness (QED) is 0.140. The summed E-state index contributed by atoms with van der Waals surface area (Å²) in [5.74, 6) is 0.0219. The predicted octanol–water partition coefficient (Wildman–Crippen LogP) is 3.89. The molecule has 0 unspecified atom stereocenters. The van der Waals surface area contributed by atoms with Crippen molar-refractivity contribution in [1.82, 2.24) is 4.57 Å². The van der Waals surface area contributed by atoms with Crippen LogP contribution in [0.1, 0.15) is 38.1 Å². The Balaban J connectivity index is 1.60. The largest absolute Gasteiger partial charge is 0.463 e. The number of fused-ring (bicyclic) bond motifs is 1. The van der Waals surface area contributed by atoms with Gasteiger partial charge in [-0.05, 0) is 43.7 Å². The van der Waals surface area contributed by atoms with E-state index in [2.05, 4.69) is 4.99 Å². The molecule has 0 aliphatic carbocycles.